The van der Waals surface area contributed by atoms with Crippen molar-refractivity contribution in [3.63, 3.8) is 0 Å². The molecule has 18 heavy (non-hydrogen) atoms. The third-order valence-corrected chi connectivity index (χ3v) is 3.22. The van der Waals surface area contributed by atoms with Crippen molar-refractivity contribution in [2.24, 2.45) is 0 Å². The molecule has 1 unspecified atom stereocenters. The van der Waals surface area contributed by atoms with Crippen LogP contribution in [0.15, 0.2) is 18.2 Å². The van der Waals surface area contributed by atoms with E-state index in [2.05, 4.69) is 17.4 Å². The maximum Gasteiger partial charge on any atom is 0.0713 e. The zero-order valence-electron chi connectivity index (χ0n) is 10.4. The zero-order valence-corrected chi connectivity index (χ0v) is 12.0. The van der Waals surface area contributed by atoms with Crippen molar-refractivity contribution in [3.05, 3.63) is 34.3 Å². The first-order valence-corrected chi connectivity index (χ1v) is 6.27. The molecule has 1 aromatic rings. The van der Waals surface area contributed by atoms with E-state index in [9.17, 15) is 0 Å². The highest BCUT2D eigenvalue weighted by Crippen LogP contribution is 2.25. The Morgan fingerprint density at radius 3 is 3.06 bits per heavy atom. The van der Waals surface area contributed by atoms with Crippen molar-refractivity contribution in [1.29, 1.82) is 0 Å². The van der Waals surface area contributed by atoms with Gasteiger partial charge in [-0.2, -0.15) is 0 Å². The predicted octanol–water partition coefficient (Wildman–Crippen LogP) is 2.96. The minimum atomic E-state index is 0. The molecule has 102 valence electrons. The van der Waals surface area contributed by atoms with Crippen LogP contribution in [0.25, 0.3) is 0 Å². The maximum atomic E-state index is 6.30. The van der Waals surface area contributed by atoms with Crippen LogP contribution < -0.4 is 5.32 Å². The second-order valence-electron chi connectivity index (χ2n) is 4.22. The molecule has 1 aliphatic heterocycles. The summed E-state index contributed by atoms with van der Waals surface area (Å²) in [5.41, 5.74) is 2.20. The van der Waals surface area contributed by atoms with Gasteiger partial charge in [0.15, 0.2) is 0 Å². The van der Waals surface area contributed by atoms with E-state index in [0.29, 0.717) is 13.2 Å². The summed E-state index contributed by atoms with van der Waals surface area (Å²) in [4.78, 5) is 0. The molecule has 0 amide bonds. The van der Waals surface area contributed by atoms with Gasteiger partial charge in [0.05, 0.1) is 19.3 Å². The average Bonchev–Trinajstić information content (AvgIpc) is 2.58. The lowest BCUT2D eigenvalue weighted by molar-refractivity contribution is 0.131. The van der Waals surface area contributed by atoms with Crippen LogP contribution in [-0.4, -0.2) is 26.9 Å². The Labute approximate surface area is 119 Å². The molecule has 3 nitrogen and oxygen atoms in total. The summed E-state index contributed by atoms with van der Waals surface area (Å²) in [6.45, 7) is 3.07. The summed E-state index contributed by atoms with van der Waals surface area (Å²) in [6.07, 6.45) is 1.05. The Balaban J connectivity index is 0.00000162. The number of ether oxygens (including phenoxy) is 2. The third kappa shape index (κ3) is 4.11. The normalized spacial score (nSPS) is 20.0. The summed E-state index contributed by atoms with van der Waals surface area (Å²) in [6, 6.07) is 6.27. The minimum absolute atomic E-state index is 0. The summed E-state index contributed by atoms with van der Waals surface area (Å²) < 4.78 is 10.6. The van der Waals surface area contributed by atoms with Gasteiger partial charge < -0.3 is 14.8 Å². The van der Waals surface area contributed by atoms with Gasteiger partial charge in [-0.15, -0.1) is 12.4 Å². The Morgan fingerprint density at radius 2 is 2.33 bits per heavy atom. The molecule has 1 N–H and O–H groups in total. The molecule has 0 spiro atoms. The van der Waals surface area contributed by atoms with Crippen LogP contribution in [0, 0.1) is 0 Å². The molecule has 1 atom stereocenters. The molecule has 1 saturated heterocycles. The van der Waals surface area contributed by atoms with E-state index in [1.54, 1.807) is 7.11 Å². The van der Waals surface area contributed by atoms with E-state index < -0.39 is 0 Å². The number of halogens is 2. The van der Waals surface area contributed by atoms with Crippen LogP contribution in [0.2, 0.25) is 5.02 Å². The number of nitrogens with one attached hydrogen (secondary N) is 1. The molecule has 1 fully saturated rings. The minimum Gasteiger partial charge on any atom is -0.380 e. The molecule has 0 radical (unpaired) electrons. The lowest BCUT2D eigenvalue weighted by Crippen LogP contribution is -2.23. The van der Waals surface area contributed by atoms with Crippen LogP contribution in [0.3, 0.4) is 0 Å². The highest BCUT2D eigenvalue weighted by atomic mass is 35.5. The monoisotopic (exact) mass is 291 g/mol. The number of hydrogen-bond acceptors (Lipinski definition) is 3. The predicted molar refractivity (Wildman–Crippen MR) is 75.6 cm³/mol. The first-order valence-electron chi connectivity index (χ1n) is 5.89. The van der Waals surface area contributed by atoms with Gasteiger partial charge in [0, 0.05) is 18.7 Å². The molecule has 5 heteroatoms. The number of rotatable bonds is 3. The van der Waals surface area contributed by atoms with Crippen molar-refractivity contribution in [1.82, 2.24) is 5.32 Å². The van der Waals surface area contributed by atoms with E-state index in [1.807, 2.05) is 6.07 Å². The van der Waals surface area contributed by atoms with Crippen LogP contribution in [0.4, 0.5) is 0 Å². The molecule has 0 aliphatic carbocycles. The maximum absolute atomic E-state index is 6.30. The Hall–Kier alpha value is -0.320. The molecule has 1 aliphatic rings. The second kappa shape index (κ2) is 7.97. The second-order valence-corrected chi connectivity index (χ2v) is 4.63. The fourth-order valence-corrected chi connectivity index (χ4v) is 2.35. The summed E-state index contributed by atoms with van der Waals surface area (Å²) in [5, 5.41) is 4.23. The summed E-state index contributed by atoms with van der Waals surface area (Å²) >= 11 is 6.30. The van der Waals surface area contributed by atoms with Crippen molar-refractivity contribution in [2.75, 3.05) is 26.9 Å². The largest absolute Gasteiger partial charge is 0.380 e. The first kappa shape index (κ1) is 15.7. The molecular formula is C13H19Cl2NO2. The fraction of sp³-hybridized carbons (Fsp3) is 0.538. The molecule has 0 aromatic heterocycles. The van der Waals surface area contributed by atoms with E-state index in [-0.39, 0.29) is 18.4 Å². The number of methoxy groups -OCH3 is 1. The van der Waals surface area contributed by atoms with Crippen molar-refractivity contribution >= 4 is 24.0 Å². The topological polar surface area (TPSA) is 30.5 Å². The lowest BCUT2D eigenvalue weighted by Gasteiger charge is -2.17. The van der Waals surface area contributed by atoms with E-state index in [0.717, 1.165) is 35.7 Å². The van der Waals surface area contributed by atoms with Gasteiger partial charge in [0.25, 0.3) is 0 Å². The van der Waals surface area contributed by atoms with Gasteiger partial charge in [0.2, 0.25) is 0 Å². The fourth-order valence-electron chi connectivity index (χ4n) is 2.02. The molecule has 1 aromatic carbocycles. The van der Waals surface area contributed by atoms with Gasteiger partial charge in [-0.1, -0.05) is 23.7 Å². The van der Waals surface area contributed by atoms with Crippen LogP contribution in [0.1, 0.15) is 23.6 Å². The summed E-state index contributed by atoms with van der Waals surface area (Å²) in [5.74, 6) is 0. The van der Waals surface area contributed by atoms with Crippen molar-refractivity contribution < 1.29 is 9.47 Å². The highest BCUT2D eigenvalue weighted by molar-refractivity contribution is 6.31. The van der Waals surface area contributed by atoms with Gasteiger partial charge in [-0.25, -0.2) is 0 Å². The zero-order chi connectivity index (χ0) is 12.1. The van der Waals surface area contributed by atoms with E-state index in [1.165, 1.54) is 0 Å². The lowest BCUT2D eigenvalue weighted by atomic mass is 10.1. The van der Waals surface area contributed by atoms with Crippen LogP contribution in [0.5, 0.6) is 0 Å². The Bertz CT molecular complexity index is 366. The third-order valence-electron chi connectivity index (χ3n) is 2.89. The van der Waals surface area contributed by atoms with Gasteiger partial charge >= 0.3 is 0 Å². The Morgan fingerprint density at radius 1 is 1.50 bits per heavy atom. The van der Waals surface area contributed by atoms with E-state index in [4.69, 9.17) is 21.1 Å². The van der Waals surface area contributed by atoms with Crippen LogP contribution >= 0.6 is 24.0 Å². The smallest absolute Gasteiger partial charge is 0.0713 e. The standard InChI is InChI=1S/C13H18ClNO2.ClH/c1-16-8-10-3-4-11(12(14)7-10)13-9-17-6-2-5-15-13;/h3-4,7,13,15H,2,5-6,8-9H2,1H3;1H. The number of benzene rings is 1. The van der Waals surface area contributed by atoms with Gasteiger partial charge in [-0.05, 0) is 30.2 Å². The van der Waals surface area contributed by atoms with Gasteiger partial charge in [0.1, 0.15) is 0 Å². The molecule has 0 bridgehead atoms. The number of hydrogen-bond donors (Lipinski definition) is 1. The molecule has 2 rings (SSSR count). The van der Waals surface area contributed by atoms with Crippen molar-refractivity contribution in [3.8, 4) is 0 Å². The molecular weight excluding hydrogens is 273 g/mol. The SMILES string of the molecule is COCc1ccc(C2COCCCN2)c(Cl)c1.Cl. The van der Waals surface area contributed by atoms with Crippen molar-refractivity contribution in [2.45, 2.75) is 19.1 Å². The molecule has 1 heterocycles. The first-order chi connectivity index (χ1) is 8.31. The van der Waals surface area contributed by atoms with Gasteiger partial charge in [-0.3, -0.25) is 0 Å². The Kier molecular flexibility index (Phi) is 6.97. The quantitative estimate of drug-likeness (QED) is 0.929. The van der Waals surface area contributed by atoms with Crippen LogP contribution in [-0.2, 0) is 16.1 Å². The molecule has 0 saturated carbocycles. The highest BCUT2D eigenvalue weighted by Gasteiger charge is 2.16. The summed E-state index contributed by atoms with van der Waals surface area (Å²) in [7, 11) is 1.68. The van der Waals surface area contributed by atoms with E-state index >= 15 is 0 Å². The average molecular weight is 292 g/mol.